The summed E-state index contributed by atoms with van der Waals surface area (Å²) in [5.74, 6) is 0.713. The van der Waals surface area contributed by atoms with Gasteiger partial charge in [0.05, 0.1) is 29.4 Å². The summed E-state index contributed by atoms with van der Waals surface area (Å²) in [6.45, 7) is 0.187. The number of hydrogen-bond donors (Lipinski definition) is 0. The van der Waals surface area contributed by atoms with Crippen molar-refractivity contribution in [1.82, 2.24) is 8.52 Å². The molecule has 2 aromatic carbocycles. The molecule has 0 amide bonds. The molecular weight excluding hydrogens is 371 g/mol. The number of nitrogens with zero attached hydrogens (tertiary/aromatic N) is 2. The summed E-state index contributed by atoms with van der Waals surface area (Å²) in [6.07, 6.45) is 0. The quantitative estimate of drug-likeness (QED) is 0.694. The summed E-state index contributed by atoms with van der Waals surface area (Å²) in [5, 5.41) is 0.710. The largest absolute Gasteiger partial charge is 0.497 e. The maximum Gasteiger partial charge on any atom is 0.346 e. The van der Waals surface area contributed by atoms with Gasteiger partial charge in [0, 0.05) is 11.5 Å². The number of hydrogen-bond acceptors (Lipinski definition) is 4. The van der Waals surface area contributed by atoms with E-state index in [2.05, 4.69) is 0 Å². The van der Waals surface area contributed by atoms with Crippen LogP contribution in [0.2, 0.25) is 10.0 Å². The van der Waals surface area contributed by atoms with Crippen molar-refractivity contribution in [3.8, 4) is 11.4 Å². The number of methoxy groups -OCH3 is 1. The van der Waals surface area contributed by atoms with E-state index in [1.165, 1.54) is 8.52 Å². The molecular formula is C16H12Cl2N2O3S. The van der Waals surface area contributed by atoms with Crippen LogP contribution in [0.5, 0.6) is 5.75 Å². The van der Waals surface area contributed by atoms with E-state index in [1.54, 1.807) is 37.4 Å². The van der Waals surface area contributed by atoms with E-state index in [0.717, 1.165) is 17.1 Å². The Morgan fingerprint density at radius 3 is 2.38 bits per heavy atom. The van der Waals surface area contributed by atoms with Gasteiger partial charge in [-0.1, -0.05) is 35.3 Å². The van der Waals surface area contributed by atoms with E-state index >= 15 is 0 Å². The Balaban J connectivity index is 1.98. The van der Waals surface area contributed by atoms with Gasteiger partial charge in [0.2, 0.25) is 0 Å². The number of rotatable bonds is 4. The summed E-state index contributed by atoms with van der Waals surface area (Å²) < 4.78 is 7.57. The van der Waals surface area contributed by atoms with E-state index < -0.39 is 5.69 Å². The Bertz CT molecular complexity index is 990. The van der Waals surface area contributed by atoms with Gasteiger partial charge in [-0.05, 0) is 35.9 Å². The zero-order valence-corrected chi connectivity index (χ0v) is 14.9. The summed E-state index contributed by atoms with van der Waals surface area (Å²) in [7, 11) is 1.58. The van der Waals surface area contributed by atoms with Crippen LogP contribution in [0, 0.1) is 0 Å². The lowest BCUT2D eigenvalue weighted by molar-refractivity contribution is 0.414. The van der Waals surface area contributed by atoms with Crippen LogP contribution in [0.4, 0.5) is 0 Å². The topological polar surface area (TPSA) is 53.2 Å². The maximum absolute atomic E-state index is 12.5. The highest BCUT2D eigenvalue weighted by atomic mass is 35.5. The maximum atomic E-state index is 12.5. The molecule has 0 saturated heterocycles. The van der Waals surface area contributed by atoms with Crippen LogP contribution in [0.1, 0.15) is 5.56 Å². The minimum Gasteiger partial charge on any atom is -0.497 e. The molecule has 0 N–H and O–H groups in total. The van der Waals surface area contributed by atoms with Gasteiger partial charge in [-0.15, -0.1) is 0 Å². The molecule has 0 bridgehead atoms. The average Bonchev–Trinajstić information content (AvgIpc) is 2.86. The normalized spacial score (nSPS) is 10.8. The van der Waals surface area contributed by atoms with Crippen LogP contribution >= 0.6 is 34.7 Å². The van der Waals surface area contributed by atoms with Crippen molar-refractivity contribution >= 4 is 34.7 Å². The monoisotopic (exact) mass is 382 g/mol. The third kappa shape index (κ3) is 3.26. The summed E-state index contributed by atoms with van der Waals surface area (Å²) >= 11 is 12.7. The van der Waals surface area contributed by atoms with Gasteiger partial charge in [0.15, 0.2) is 0 Å². The molecule has 0 unspecified atom stereocenters. The van der Waals surface area contributed by atoms with Crippen LogP contribution in [0.25, 0.3) is 5.69 Å². The Morgan fingerprint density at radius 1 is 1.04 bits per heavy atom. The molecule has 1 aromatic heterocycles. The minimum absolute atomic E-state index is 0.187. The second-order valence-electron chi connectivity index (χ2n) is 4.97. The first-order chi connectivity index (χ1) is 11.5. The van der Waals surface area contributed by atoms with Crippen molar-refractivity contribution in [1.29, 1.82) is 0 Å². The number of halogens is 2. The lowest BCUT2D eigenvalue weighted by Gasteiger charge is -2.04. The van der Waals surface area contributed by atoms with Crippen molar-refractivity contribution in [3.63, 3.8) is 0 Å². The first-order valence-electron chi connectivity index (χ1n) is 6.91. The molecule has 8 heteroatoms. The lowest BCUT2D eigenvalue weighted by atomic mass is 10.2. The Morgan fingerprint density at radius 2 is 1.75 bits per heavy atom. The highest BCUT2D eigenvalue weighted by Gasteiger charge is 2.13. The number of aromatic nitrogens is 2. The summed E-state index contributed by atoms with van der Waals surface area (Å²) in [6, 6.07) is 12.0. The lowest BCUT2D eigenvalue weighted by Crippen LogP contribution is -2.28. The molecule has 124 valence electrons. The zero-order valence-electron chi connectivity index (χ0n) is 12.5. The van der Waals surface area contributed by atoms with Crippen molar-refractivity contribution < 1.29 is 4.74 Å². The van der Waals surface area contributed by atoms with E-state index in [-0.39, 0.29) is 11.4 Å². The summed E-state index contributed by atoms with van der Waals surface area (Å²) in [4.78, 5) is 24.4. The molecule has 1 heterocycles. The third-order valence-corrected chi connectivity index (χ3v) is 5.10. The fourth-order valence-electron chi connectivity index (χ4n) is 2.17. The van der Waals surface area contributed by atoms with Gasteiger partial charge >= 0.3 is 10.6 Å². The molecule has 0 aliphatic heterocycles. The highest BCUT2D eigenvalue weighted by molar-refractivity contribution is 7.03. The van der Waals surface area contributed by atoms with Crippen molar-refractivity contribution in [2.24, 2.45) is 0 Å². The minimum atomic E-state index is -0.417. The standard InChI is InChI=1S/C16H12Cl2N2O3S/c1-23-12-5-2-10(3-6-12)9-19-15(21)20(24-16(19)22)11-4-7-13(17)14(18)8-11/h2-8H,9H2,1H3. The molecule has 24 heavy (non-hydrogen) atoms. The zero-order chi connectivity index (χ0) is 17.3. The number of benzene rings is 2. The van der Waals surface area contributed by atoms with E-state index in [9.17, 15) is 9.59 Å². The van der Waals surface area contributed by atoms with Crippen molar-refractivity contribution in [2.45, 2.75) is 6.54 Å². The van der Waals surface area contributed by atoms with Gasteiger partial charge in [0.25, 0.3) is 0 Å². The van der Waals surface area contributed by atoms with E-state index in [0.29, 0.717) is 21.5 Å². The van der Waals surface area contributed by atoms with Gasteiger partial charge in [-0.3, -0.25) is 4.79 Å². The average molecular weight is 383 g/mol. The second kappa shape index (κ2) is 6.84. The molecule has 5 nitrogen and oxygen atoms in total. The van der Waals surface area contributed by atoms with Crippen LogP contribution in [0.3, 0.4) is 0 Å². The van der Waals surface area contributed by atoms with Crippen LogP contribution < -0.4 is 15.3 Å². The first-order valence-corrected chi connectivity index (χ1v) is 8.44. The Labute approximate surface area is 151 Å². The smallest absolute Gasteiger partial charge is 0.346 e. The first kappa shape index (κ1) is 16.8. The van der Waals surface area contributed by atoms with Crippen LogP contribution in [-0.2, 0) is 6.54 Å². The molecule has 0 aliphatic carbocycles. The van der Waals surface area contributed by atoms with Gasteiger partial charge in [0.1, 0.15) is 5.75 Å². The third-order valence-electron chi connectivity index (χ3n) is 3.43. The molecule has 0 saturated carbocycles. The Kier molecular flexibility index (Phi) is 4.80. The molecule has 0 radical (unpaired) electrons. The molecule has 0 aliphatic rings. The van der Waals surface area contributed by atoms with E-state index in [4.69, 9.17) is 27.9 Å². The predicted molar refractivity (Wildman–Crippen MR) is 96.3 cm³/mol. The van der Waals surface area contributed by atoms with Gasteiger partial charge in [-0.2, -0.15) is 0 Å². The SMILES string of the molecule is COc1ccc(Cn2c(=O)sn(-c3ccc(Cl)c(Cl)c3)c2=O)cc1. The van der Waals surface area contributed by atoms with E-state index in [1.807, 2.05) is 12.1 Å². The summed E-state index contributed by atoms with van der Waals surface area (Å²) in [5.41, 5.74) is 0.915. The fourth-order valence-corrected chi connectivity index (χ4v) is 3.26. The van der Waals surface area contributed by atoms with Gasteiger partial charge in [-0.25, -0.2) is 13.3 Å². The second-order valence-corrected chi connectivity index (χ2v) is 6.68. The molecule has 3 aromatic rings. The highest BCUT2D eigenvalue weighted by Crippen LogP contribution is 2.24. The fraction of sp³-hybridized carbons (Fsp3) is 0.125. The van der Waals surface area contributed by atoms with Crippen molar-refractivity contribution in [2.75, 3.05) is 7.11 Å². The van der Waals surface area contributed by atoms with Crippen LogP contribution in [-0.4, -0.2) is 15.6 Å². The molecule has 0 atom stereocenters. The Hall–Kier alpha value is -2.02. The molecule has 0 fully saturated rings. The molecule has 0 spiro atoms. The predicted octanol–water partition coefficient (Wildman–Crippen LogP) is 3.42. The van der Waals surface area contributed by atoms with Gasteiger partial charge < -0.3 is 4.74 Å². The molecule has 3 rings (SSSR count). The number of ether oxygens (including phenoxy) is 1. The van der Waals surface area contributed by atoms with Crippen LogP contribution in [0.15, 0.2) is 52.1 Å². The van der Waals surface area contributed by atoms with Crippen molar-refractivity contribution in [3.05, 3.63) is 78.2 Å².